The zero-order valence-electron chi connectivity index (χ0n) is 15.2. The Morgan fingerprint density at radius 3 is 2.31 bits per heavy atom. The molecule has 1 N–H and O–H groups in total. The average molecular weight is 350 g/mol. The zero-order chi connectivity index (χ0) is 18.7. The van der Waals surface area contributed by atoms with Crippen LogP contribution in [0.1, 0.15) is 29.3 Å². The Labute approximate surface area is 153 Å². The quantitative estimate of drug-likeness (QED) is 0.902. The summed E-state index contributed by atoms with van der Waals surface area (Å²) in [4.78, 5) is 26.2. The molecule has 2 aromatic carbocycles. The summed E-state index contributed by atoms with van der Waals surface area (Å²) in [5.41, 5.74) is 4.16. The summed E-state index contributed by atoms with van der Waals surface area (Å²) in [6.45, 7) is 2.28. The fourth-order valence-electron chi connectivity index (χ4n) is 2.71. The van der Waals surface area contributed by atoms with Crippen LogP contribution in [0, 0.1) is 0 Å². The first-order valence-corrected chi connectivity index (χ1v) is 8.45. The van der Waals surface area contributed by atoms with E-state index in [0.717, 1.165) is 17.0 Å². The standard InChI is InChI=1S/C20H22N4O2/c1-14-12-19(25)24(22-14)18-10-6-16(7-11-18)20(26)21-13-15-4-8-17(9-5-15)23(2)3/h4-11H,12-13H2,1-3H3,(H,21,26). The Balaban J connectivity index is 1.60. The Bertz CT molecular complexity index is 839. The Morgan fingerprint density at radius 2 is 1.77 bits per heavy atom. The number of benzene rings is 2. The molecule has 0 aliphatic carbocycles. The number of anilines is 2. The van der Waals surface area contributed by atoms with Gasteiger partial charge in [0.15, 0.2) is 0 Å². The topological polar surface area (TPSA) is 65.0 Å². The summed E-state index contributed by atoms with van der Waals surface area (Å²) in [7, 11) is 3.98. The van der Waals surface area contributed by atoms with Gasteiger partial charge in [-0.3, -0.25) is 9.59 Å². The van der Waals surface area contributed by atoms with Crippen molar-refractivity contribution in [3.05, 3.63) is 59.7 Å². The number of rotatable bonds is 5. The first-order chi connectivity index (χ1) is 12.4. The molecular formula is C20H22N4O2. The van der Waals surface area contributed by atoms with Gasteiger partial charge in [-0.1, -0.05) is 12.1 Å². The number of nitrogens with one attached hydrogen (secondary N) is 1. The lowest BCUT2D eigenvalue weighted by Crippen LogP contribution is -2.23. The third kappa shape index (κ3) is 3.91. The van der Waals surface area contributed by atoms with E-state index in [1.165, 1.54) is 5.01 Å². The van der Waals surface area contributed by atoms with E-state index in [1.54, 1.807) is 24.3 Å². The minimum absolute atomic E-state index is 0.0547. The van der Waals surface area contributed by atoms with Crippen LogP contribution >= 0.6 is 0 Å². The lowest BCUT2D eigenvalue weighted by atomic mass is 10.1. The Morgan fingerprint density at radius 1 is 1.12 bits per heavy atom. The molecule has 0 saturated heterocycles. The first kappa shape index (κ1) is 17.7. The van der Waals surface area contributed by atoms with E-state index in [-0.39, 0.29) is 11.8 Å². The molecule has 0 atom stereocenters. The minimum atomic E-state index is -0.152. The van der Waals surface area contributed by atoms with E-state index >= 15 is 0 Å². The highest BCUT2D eigenvalue weighted by Crippen LogP contribution is 2.21. The van der Waals surface area contributed by atoms with Gasteiger partial charge in [-0.2, -0.15) is 5.10 Å². The van der Waals surface area contributed by atoms with Crippen molar-refractivity contribution in [1.29, 1.82) is 0 Å². The highest BCUT2D eigenvalue weighted by atomic mass is 16.2. The lowest BCUT2D eigenvalue weighted by Gasteiger charge is -2.13. The van der Waals surface area contributed by atoms with Crippen LogP contribution in [0.4, 0.5) is 11.4 Å². The van der Waals surface area contributed by atoms with Crippen molar-refractivity contribution in [2.24, 2.45) is 5.10 Å². The summed E-state index contributed by atoms with van der Waals surface area (Å²) in [5, 5.41) is 8.49. The zero-order valence-corrected chi connectivity index (χ0v) is 15.2. The number of hydrogen-bond acceptors (Lipinski definition) is 4. The number of nitrogens with zero attached hydrogens (tertiary/aromatic N) is 3. The van der Waals surface area contributed by atoms with Crippen LogP contribution in [0.15, 0.2) is 53.6 Å². The molecule has 0 radical (unpaired) electrons. The summed E-state index contributed by atoms with van der Waals surface area (Å²) < 4.78 is 0. The number of hydrogen-bond donors (Lipinski definition) is 1. The molecule has 134 valence electrons. The van der Waals surface area contributed by atoms with Crippen molar-refractivity contribution >= 4 is 28.9 Å². The van der Waals surface area contributed by atoms with E-state index in [2.05, 4.69) is 10.4 Å². The van der Waals surface area contributed by atoms with Crippen LogP contribution in [-0.2, 0) is 11.3 Å². The highest BCUT2D eigenvalue weighted by molar-refractivity contribution is 6.12. The molecule has 0 spiro atoms. The minimum Gasteiger partial charge on any atom is -0.378 e. The number of carbonyl (C=O) groups is 2. The van der Waals surface area contributed by atoms with E-state index in [9.17, 15) is 9.59 Å². The first-order valence-electron chi connectivity index (χ1n) is 8.45. The van der Waals surface area contributed by atoms with Gasteiger partial charge in [-0.25, -0.2) is 5.01 Å². The maximum Gasteiger partial charge on any atom is 0.253 e. The predicted octanol–water partition coefficient (Wildman–Crippen LogP) is 2.80. The summed E-state index contributed by atoms with van der Waals surface area (Å²) in [5.74, 6) is -0.207. The summed E-state index contributed by atoms with van der Waals surface area (Å²) in [6.07, 6.45) is 0.342. The fourth-order valence-corrected chi connectivity index (χ4v) is 2.71. The monoisotopic (exact) mass is 350 g/mol. The SMILES string of the molecule is CC1=NN(c2ccc(C(=O)NCc3ccc(N(C)C)cc3)cc2)C(=O)C1. The lowest BCUT2D eigenvalue weighted by molar-refractivity contribution is -0.116. The van der Waals surface area contributed by atoms with Crippen molar-refractivity contribution in [2.45, 2.75) is 19.9 Å². The molecule has 0 unspecified atom stereocenters. The van der Waals surface area contributed by atoms with E-state index in [1.807, 2.05) is 50.2 Å². The van der Waals surface area contributed by atoms with Crippen molar-refractivity contribution < 1.29 is 9.59 Å². The van der Waals surface area contributed by atoms with Gasteiger partial charge < -0.3 is 10.2 Å². The molecule has 1 heterocycles. The molecule has 1 aliphatic rings. The van der Waals surface area contributed by atoms with Gasteiger partial charge in [0.1, 0.15) is 0 Å². The smallest absolute Gasteiger partial charge is 0.253 e. The van der Waals surface area contributed by atoms with Gasteiger partial charge in [0, 0.05) is 37.6 Å². The van der Waals surface area contributed by atoms with Gasteiger partial charge in [0.05, 0.1) is 12.1 Å². The number of carbonyl (C=O) groups excluding carboxylic acids is 2. The molecule has 1 aliphatic heterocycles. The highest BCUT2D eigenvalue weighted by Gasteiger charge is 2.22. The molecule has 0 fully saturated rings. The van der Waals surface area contributed by atoms with Gasteiger partial charge in [0.25, 0.3) is 11.8 Å². The molecule has 6 nitrogen and oxygen atoms in total. The number of hydrazone groups is 1. The largest absolute Gasteiger partial charge is 0.378 e. The molecule has 2 amide bonds. The maximum atomic E-state index is 12.3. The molecule has 0 aromatic heterocycles. The average Bonchev–Trinajstić information content (AvgIpc) is 2.98. The van der Waals surface area contributed by atoms with E-state index in [0.29, 0.717) is 24.2 Å². The van der Waals surface area contributed by atoms with Gasteiger partial charge in [0.2, 0.25) is 0 Å². The summed E-state index contributed by atoms with van der Waals surface area (Å²) in [6, 6.07) is 14.9. The molecule has 0 bridgehead atoms. The van der Waals surface area contributed by atoms with Crippen LogP contribution in [0.5, 0.6) is 0 Å². The Kier molecular flexibility index (Phi) is 5.02. The Hall–Kier alpha value is -3.15. The second kappa shape index (κ2) is 7.39. The molecule has 6 heteroatoms. The second-order valence-electron chi connectivity index (χ2n) is 6.51. The van der Waals surface area contributed by atoms with Crippen molar-refractivity contribution in [2.75, 3.05) is 24.0 Å². The van der Waals surface area contributed by atoms with Crippen molar-refractivity contribution in [1.82, 2.24) is 5.32 Å². The molecule has 3 rings (SSSR count). The van der Waals surface area contributed by atoms with Gasteiger partial charge in [-0.05, 0) is 48.9 Å². The van der Waals surface area contributed by atoms with Crippen LogP contribution in [0.2, 0.25) is 0 Å². The van der Waals surface area contributed by atoms with Crippen LogP contribution in [0.25, 0.3) is 0 Å². The molecule has 2 aromatic rings. The van der Waals surface area contributed by atoms with Crippen LogP contribution in [0.3, 0.4) is 0 Å². The third-order valence-electron chi connectivity index (χ3n) is 4.19. The van der Waals surface area contributed by atoms with Gasteiger partial charge >= 0.3 is 0 Å². The van der Waals surface area contributed by atoms with Crippen molar-refractivity contribution in [3.63, 3.8) is 0 Å². The van der Waals surface area contributed by atoms with Crippen LogP contribution in [-0.4, -0.2) is 31.6 Å². The third-order valence-corrected chi connectivity index (χ3v) is 4.19. The van der Waals surface area contributed by atoms with E-state index < -0.39 is 0 Å². The van der Waals surface area contributed by atoms with E-state index in [4.69, 9.17) is 0 Å². The van der Waals surface area contributed by atoms with Crippen molar-refractivity contribution in [3.8, 4) is 0 Å². The molecule has 0 saturated carbocycles. The normalized spacial score (nSPS) is 13.6. The molecular weight excluding hydrogens is 328 g/mol. The summed E-state index contributed by atoms with van der Waals surface area (Å²) >= 11 is 0. The fraction of sp³-hybridized carbons (Fsp3) is 0.250. The second-order valence-corrected chi connectivity index (χ2v) is 6.51. The number of amides is 2. The van der Waals surface area contributed by atoms with Gasteiger partial charge in [-0.15, -0.1) is 0 Å². The molecule has 26 heavy (non-hydrogen) atoms. The predicted molar refractivity (Wildman–Crippen MR) is 104 cm³/mol. The maximum absolute atomic E-state index is 12.3. The van der Waals surface area contributed by atoms with Crippen LogP contribution < -0.4 is 15.2 Å².